The lowest BCUT2D eigenvalue weighted by atomic mass is 10.2. The molecule has 3 heteroatoms. The molecule has 0 spiro atoms. The van der Waals surface area contributed by atoms with E-state index in [1.165, 1.54) is 18.2 Å². The molecule has 1 N–H and O–H groups in total. The molecule has 1 radical (unpaired) electrons. The van der Waals surface area contributed by atoms with Crippen LogP contribution in [-0.2, 0) is 0 Å². The highest BCUT2D eigenvalue weighted by molar-refractivity contribution is 5.94. The Morgan fingerprint density at radius 1 is 1.62 bits per heavy atom. The molecule has 0 bridgehead atoms. The predicted molar refractivity (Wildman–Crippen MR) is 45.7 cm³/mol. The monoisotopic (exact) mass is 178 g/mol. The second-order valence-electron chi connectivity index (χ2n) is 3.14. The van der Waals surface area contributed by atoms with Crippen molar-refractivity contribution in [1.82, 2.24) is 5.32 Å². The summed E-state index contributed by atoms with van der Waals surface area (Å²) in [6.45, 7) is 0. The Balaban J connectivity index is 2.13. The second kappa shape index (κ2) is 3.17. The second-order valence-corrected chi connectivity index (χ2v) is 3.14. The van der Waals surface area contributed by atoms with Crippen LogP contribution >= 0.6 is 0 Å². The van der Waals surface area contributed by atoms with Crippen LogP contribution in [0.4, 0.5) is 4.39 Å². The van der Waals surface area contributed by atoms with Crippen molar-refractivity contribution in [1.29, 1.82) is 0 Å². The average Bonchev–Trinajstić information content (AvgIpc) is 2.89. The maximum absolute atomic E-state index is 13.0. The molecule has 2 nitrogen and oxygen atoms in total. The fourth-order valence-corrected chi connectivity index (χ4v) is 1.08. The van der Waals surface area contributed by atoms with Gasteiger partial charge in [0.2, 0.25) is 0 Å². The molecule has 1 amide bonds. The third-order valence-electron chi connectivity index (χ3n) is 1.94. The van der Waals surface area contributed by atoms with Gasteiger partial charge in [0.15, 0.2) is 0 Å². The van der Waals surface area contributed by atoms with Gasteiger partial charge >= 0.3 is 0 Å². The third kappa shape index (κ3) is 1.86. The average molecular weight is 178 g/mol. The molecule has 0 atom stereocenters. The summed E-state index contributed by atoms with van der Waals surface area (Å²) in [5.74, 6) is -0.874. The van der Waals surface area contributed by atoms with Gasteiger partial charge in [0, 0.05) is 6.04 Å². The van der Waals surface area contributed by atoms with Crippen LogP contribution in [0.5, 0.6) is 0 Å². The fourth-order valence-electron chi connectivity index (χ4n) is 1.08. The molecule has 0 aliphatic heterocycles. The highest BCUT2D eigenvalue weighted by Gasteiger charge is 2.24. The minimum Gasteiger partial charge on any atom is -0.349 e. The van der Waals surface area contributed by atoms with E-state index in [0.717, 1.165) is 12.8 Å². The van der Waals surface area contributed by atoms with Gasteiger partial charge in [-0.05, 0) is 25.0 Å². The Morgan fingerprint density at radius 2 is 2.38 bits per heavy atom. The minimum absolute atomic E-state index is 0.00870. The molecule has 0 saturated heterocycles. The van der Waals surface area contributed by atoms with E-state index >= 15 is 0 Å². The third-order valence-corrected chi connectivity index (χ3v) is 1.94. The Kier molecular flexibility index (Phi) is 2.00. The molecule has 1 aromatic rings. The largest absolute Gasteiger partial charge is 0.349 e. The summed E-state index contributed by atoms with van der Waals surface area (Å²) in [6, 6.07) is 7.14. The predicted octanol–water partition coefficient (Wildman–Crippen LogP) is 1.52. The van der Waals surface area contributed by atoms with Crippen LogP contribution in [0.2, 0.25) is 0 Å². The maximum Gasteiger partial charge on any atom is 0.255 e. The number of carbonyl (C=O) groups is 1. The van der Waals surface area contributed by atoms with Gasteiger partial charge in [0.1, 0.15) is 5.82 Å². The number of benzene rings is 1. The van der Waals surface area contributed by atoms with Gasteiger partial charge in [-0.15, -0.1) is 0 Å². The first-order valence-electron chi connectivity index (χ1n) is 4.24. The van der Waals surface area contributed by atoms with Gasteiger partial charge in [-0.1, -0.05) is 12.1 Å². The van der Waals surface area contributed by atoms with Crippen molar-refractivity contribution < 1.29 is 9.18 Å². The molecule has 0 aromatic heterocycles. The zero-order chi connectivity index (χ0) is 9.26. The van der Waals surface area contributed by atoms with Crippen LogP contribution in [0, 0.1) is 11.9 Å². The van der Waals surface area contributed by atoms with Crippen LogP contribution in [0.15, 0.2) is 18.2 Å². The molecular weight excluding hydrogens is 169 g/mol. The van der Waals surface area contributed by atoms with Crippen LogP contribution in [0.25, 0.3) is 0 Å². The van der Waals surface area contributed by atoms with Gasteiger partial charge in [0.05, 0.1) is 5.56 Å². The first kappa shape index (κ1) is 8.23. The number of nitrogens with one attached hydrogen (secondary N) is 1. The number of amides is 1. The summed E-state index contributed by atoms with van der Waals surface area (Å²) in [6.07, 6.45) is 2.00. The number of hydrogen-bond donors (Lipinski definition) is 1. The molecular formula is C10H9FNO. The number of hydrogen-bond acceptors (Lipinski definition) is 1. The van der Waals surface area contributed by atoms with E-state index in [2.05, 4.69) is 11.4 Å². The Hall–Kier alpha value is -1.38. The van der Waals surface area contributed by atoms with Crippen molar-refractivity contribution in [2.45, 2.75) is 18.9 Å². The zero-order valence-electron chi connectivity index (χ0n) is 7.01. The smallest absolute Gasteiger partial charge is 0.255 e. The Bertz CT molecular complexity index is 333. The zero-order valence-corrected chi connectivity index (χ0v) is 7.01. The molecule has 1 aliphatic rings. The van der Waals surface area contributed by atoms with Crippen LogP contribution < -0.4 is 5.32 Å². The fraction of sp³-hybridized carbons (Fsp3) is 0.300. The molecule has 0 heterocycles. The van der Waals surface area contributed by atoms with Crippen molar-refractivity contribution in [3.8, 4) is 0 Å². The Morgan fingerprint density at radius 3 is 3.00 bits per heavy atom. The molecule has 1 aliphatic carbocycles. The van der Waals surface area contributed by atoms with E-state index < -0.39 is 5.82 Å². The van der Waals surface area contributed by atoms with Crippen molar-refractivity contribution in [2.24, 2.45) is 0 Å². The normalized spacial score (nSPS) is 15.5. The van der Waals surface area contributed by atoms with Crippen molar-refractivity contribution in [3.05, 3.63) is 35.6 Å². The molecule has 13 heavy (non-hydrogen) atoms. The molecule has 0 unspecified atom stereocenters. The number of rotatable bonds is 2. The summed E-state index contributed by atoms with van der Waals surface area (Å²) in [5.41, 5.74) is 0.00870. The minimum atomic E-state index is -0.513. The molecule has 67 valence electrons. The summed E-state index contributed by atoms with van der Waals surface area (Å²) in [7, 11) is 0. The standard InChI is InChI=1S/C10H9FNO/c11-9-4-2-1-3-8(9)10(13)12-7-5-6-7/h1-2,4,7H,5-6H2,(H,12,13). The van der Waals surface area contributed by atoms with Crippen LogP contribution in [0.3, 0.4) is 0 Å². The maximum atomic E-state index is 13.0. The summed E-state index contributed by atoms with van der Waals surface area (Å²) >= 11 is 0. The number of carbonyl (C=O) groups excluding carboxylic acids is 1. The van der Waals surface area contributed by atoms with E-state index in [1.807, 2.05) is 0 Å². The lowest BCUT2D eigenvalue weighted by Crippen LogP contribution is -2.26. The summed E-state index contributed by atoms with van der Waals surface area (Å²) in [4.78, 5) is 11.3. The van der Waals surface area contributed by atoms with E-state index in [-0.39, 0.29) is 17.5 Å². The Labute approximate surface area is 75.8 Å². The van der Waals surface area contributed by atoms with E-state index in [1.54, 1.807) is 0 Å². The van der Waals surface area contributed by atoms with Crippen molar-refractivity contribution in [2.75, 3.05) is 0 Å². The van der Waals surface area contributed by atoms with Gasteiger partial charge in [-0.2, -0.15) is 0 Å². The topological polar surface area (TPSA) is 29.1 Å². The SMILES string of the molecule is O=C(NC1CC1)c1[c]cccc1F. The molecule has 2 rings (SSSR count). The number of halogens is 1. The van der Waals surface area contributed by atoms with Crippen LogP contribution in [0.1, 0.15) is 23.2 Å². The summed E-state index contributed by atoms with van der Waals surface area (Å²) < 4.78 is 13.0. The molecule has 1 aromatic carbocycles. The van der Waals surface area contributed by atoms with Crippen LogP contribution in [-0.4, -0.2) is 11.9 Å². The molecule has 1 fully saturated rings. The summed E-state index contributed by atoms with van der Waals surface area (Å²) in [5, 5.41) is 2.70. The lowest BCUT2D eigenvalue weighted by molar-refractivity contribution is 0.0947. The van der Waals surface area contributed by atoms with Crippen molar-refractivity contribution in [3.63, 3.8) is 0 Å². The first-order valence-corrected chi connectivity index (χ1v) is 4.24. The first-order chi connectivity index (χ1) is 6.27. The van der Waals surface area contributed by atoms with E-state index in [4.69, 9.17) is 0 Å². The quantitative estimate of drug-likeness (QED) is 0.730. The lowest BCUT2D eigenvalue weighted by Gasteiger charge is -2.02. The van der Waals surface area contributed by atoms with E-state index in [9.17, 15) is 9.18 Å². The van der Waals surface area contributed by atoms with Gasteiger partial charge in [-0.25, -0.2) is 4.39 Å². The highest BCUT2D eigenvalue weighted by Crippen LogP contribution is 2.19. The van der Waals surface area contributed by atoms with Gasteiger partial charge in [-0.3, -0.25) is 4.79 Å². The van der Waals surface area contributed by atoms with E-state index in [0.29, 0.717) is 0 Å². The molecule has 1 saturated carbocycles. The van der Waals surface area contributed by atoms with Crippen molar-refractivity contribution >= 4 is 5.91 Å². The van der Waals surface area contributed by atoms with Gasteiger partial charge < -0.3 is 5.32 Å². The highest BCUT2D eigenvalue weighted by atomic mass is 19.1. The van der Waals surface area contributed by atoms with Gasteiger partial charge in [0.25, 0.3) is 5.91 Å².